The Morgan fingerprint density at radius 3 is 2.37 bits per heavy atom. The van der Waals surface area contributed by atoms with E-state index < -0.39 is 35.6 Å². The number of pyridine rings is 1. The van der Waals surface area contributed by atoms with Crippen LogP contribution in [0.4, 0.5) is 18.9 Å². The van der Waals surface area contributed by atoms with E-state index in [9.17, 15) is 27.9 Å². The maximum Gasteiger partial charge on any atom is 0.573 e. The fraction of sp³-hybridized carbons (Fsp3) is 0.125. The summed E-state index contributed by atoms with van der Waals surface area (Å²) in [7, 11) is 1.42. The molecule has 0 radical (unpaired) electrons. The quantitative estimate of drug-likeness (QED) is 0.289. The van der Waals surface area contributed by atoms with Gasteiger partial charge in [-0.15, -0.1) is 13.2 Å². The van der Waals surface area contributed by atoms with Crippen LogP contribution in [-0.4, -0.2) is 35.3 Å². The zero-order valence-corrected chi connectivity index (χ0v) is 18.7. The molecule has 4 rings (SSSR count). The minimum atomic E-state index is -4.89. The fourth-order valence-corrected chi connectivity index (χ4v) is 3.95. The van der Waals surface area contributed by atoms with Crippen molar-refractivity contribution in [3.63, 3.8) is 0 Å². The third-order valence-electron chi connectivity index (χ3n) is 5.19. The minimum absolute atomic E-state index is 0.101. The van der Waals surface area contributed by atoms with Gasteiger partial charge in [-0.3, -0.25) is 19.5 Å². The number of alkyl halides is 3. The van der Waals surface area contributed by atoms with E-state index in [1.54, 1.807) is 18.2 Å². The van der Waals surface area contributed by atoms with Gasteiger partial charge in [0.25, 0.3) is 11.7 Å². The number of carbonyl (C=O) groups is 2. The smallest absolute Gasteiger partial charge is 0.507 e. The van der Waals surface area contributed by atoms with Crippen LogP contribution in [0.5, 0.6) is 11.5 Å². The third-order valence-corrected chi connectivity index (χ3v) is 5.48. The van der Waals surface area contributed by atoms with Gasteiger partial charge in [0.05, 0.1) is 23.4 Å². The molecule has 1 N–H and O–H groups in total. The molecule has 2 heterocycles. The van der Waals surface area contributed by atoms with E-state index >= 15 is 0 Å². The van der Waals surface area contributed by atoms with Crippen LogP contribution >= 0.6 is 11.6 Å². The van der Waals surface area contributed by atoms with Gasteiger partial charge in [0.2, 0.25) is 0 Å². The van der Waals surface area contributed by atoms with Crippen molar-refractivity contribution in [2.75, 3.05) is 12.0 Å². The predicted molar refractivity (Wildman–Crippen MR) is 120 cm³/mol. The van der Waals surface area contributed by atoms with E-state index in [-0.39, 0.29) is 27.5 Å². The van der Waals surface area contributed by atoms with Gasteiger partial charge in [-0.2, -0.15) is 0 Å². The molecule has 0 saturated carbocycles. The number of Topliss-reactive ketones (excluding diaryl/α,β-unsaturated/α-hetero) is 1. The number of ketones is 1. The molecule has 1 aliphatic rings. The zero-order valence-electron chi connectivity index (χ0n) is 17.9. The van der Waals surface area contributed by atoms with Gasteiger partial charge in [0, 0.05) is 17.4 Å². The molecule has 2 aromatic carbocycles. The van der Waals surface area contributed by atoms with Crippen molar-refractivity contribution in [3.05, 3.63) is 88.7 Å². The molecule has 1 aromatic heterocycles. The summed E-state index contributed by atoms with van der Waals surface area (Å²) in [6, 6.07) is 12.4. The maximum absolute atomic E-state index is 13.1. The highest BCUT2D eigenvalue weighted by atomic mass is 35.5. The third kappa shape index (κ3) is 4.78. The first-order chi connectivity index (χ1) is 16.6. The van der Waals surface area contributed by atoms with Gasteiger partial charge in [-0.25, -0.2) is 0 Å². The molecule has 0 bridgehead atoms. The van der Waals surface area contributed by atoms with Gasteiger partial charge in [-0.05, 0) is 54.6 Å². The topological polar surface area (TPSA) is 89.0 Å². The molecular formula is C24H16ClF3N2O5. The van der Waals surface area contributed by atoms with Crippen molar-refractivity contribution in [1.29, 1.82) is 0 Å². The summed E-state index contributed by atoms with van der Waals surface area (Å²) >= 11 is 6.16. The lowest BCUT2D eigenvalue weighted by atomic mass is 9.98. The molecule has 1 unspecified atom stereocenters. The number of amides is 1. The average molecular weight is 505 g/mol. The minimum Gasteiger partial charge on any atom is -0.507 e. The van der Waals surface area contributed by atoms with Crippen LogP contribution in [0, 0.1) is 0 Å². The number of hydrogen-bond donors (Lipinski definition) is 1. The Kier molecular flexibility index (Phi) is 6.40. The predicted octanol–water partition coefficient (Wildman–Crippen LogP) is 5.27. The molecule has 1 fully saturated rings. The number of aromatic nitrogens is 1. The van der Waals surface area contributed by atoms with Crippen LogP contribution in [-0.2, 0) is 9.59 Å². The second-order valence-corrected chi connectivity index (χ2v) is 7.72. The number of benzene rings is 2. The van der Waals surface area contributed by atoms with Crippen LogP contribution in [0.1, 0.15) is 17.3 Å². The number of anilines is 1. The summed E-state index contributed by atoms with van der Waals surface area (Å²) in [5.74, 6) is -2.65. The van der Waals surface area contributed by atoms with Crippen LogP contribution in [0.15, 0.2) is 72.4 Å². The van der Waals surface area contributed by atoms with Crippen molar-refractivity contribution in [1.82, 2.24) is 4.98 Å². The Bertz CT molecular complexity index is 1310. The lowest BCUT2D eigenvalue weighted by molar-refractivity contribution is -0.274. The number of halogens is 4. The summed E-state index contributed by atoms with van der Waals surface area (Å²) in [5.41, 5.74) is 0.252. The molecular weight excluding hydrogens is 489 g/mol. The van der Waals surface area contributed by atoms with E-state index in [4.69, 9.17) is 16.3 Å². The molecule has 35 heavy (non-hydrogen) atoms. The van der Waals surface area contributed by atoms with Crippen LogP contribution in [0.25, 0.3) is 5.76 Å². The first-order valence-corrected chi connectivity index (χ1v) is 10.4. The molecule has 1 saturated heterocycles. The molecule has 0 aliphatic carbocycles. The summed E-state index contributed by atoms with van der Waals surface area (Å²) in [5, 5.41) is 11.2. The second-order valence-electron chi connectivity index (χ2n) is 7.31. The number of rotatable bonds is 5. The van der Waals surface area contributed by atoms with Crippen molar-refractivity contribution in [2.24, 2.45) is 0 Å². The fourth-order valence-electron chi connectivity index (χ4n) is 3.69. The van der Waals surface area contributed by atoms with Crippen molar-refractivity contribution in [2.45, 2.75) is 12.4 Å². The van der Waals surface area contributed by atoms with E-state index in [0.717, 1.165) is 17.0 Å². The number of aliphatic hydroxyl groups excluding tert-OH is 1. The van der Waals surface area contributed by atoms with Crippen LogP contribution in [0.3, 0.4) is 0 Å². The summed E-state index contributed by atoms with van der Waals surface area (Å²) in [6.45, 7) is 0. The number of aliphatic hydroxyl groups is 1. The summed E-state index contributed by atoms with van der Waals surface area (Å²) < 4.78 is 46.5. The van der Waals surface area contributed by atoms with Gasteiger partial charge >= 0.3 is 6.36 Å². The molecule has 1 amide bonds. The van der Waals surface area contributed by atoms with E-state index in [1.165, 1.54) is 43.6 Å². The first-order valence-electron chi connectivity index (χ1n) is 10.0. The second kappa shape index (κ2) is 9.30. The summed E-state index contributed by atoms with van der Waals surface area (Å²) in [4.78, 5) is 31.4. The number of nitrogens with zero attached hydrogens (tertiary/aromatic N) is 2. The number of carbonyl (C=O) groups excluding carboxylic acids is 2. The van der Waals surface area contributed by atoms with Crippen molar-refractivity contribution >= 4 is 34.7 Å². The highest BCUT2D eigenvalue weighted by molar-refractivity contribution is 6.51. The lowest BCUT2D eigenvalue weighted by Crippen LogP contribution is -2.29. The monoisotopic (exact) mass is 504 g/mol. The first kappa shape index (κ1) is 24.1. The number of ether oxygens (including phenoxy) is 2. The number of methoxy groups -OCH3 is 1. The van der Waals surface area contributed by atoms with Crippen LogP contribution < -0.4 is 14.4 Å². The highest BCUT2D eigenvalue weighted by Crippen LogP contribution is 2.42. The standard InChI is InChI=1S/C24H16ClF3N2O5/c1-34-18-10-5-13(12-16(18)25)21(31)19-20(17-4-2-3-11-29-17)30(23(33)22(19)32)14-6-8-15(9-7-14)35-24(26,27)28/h2-12,20,31H,1H3/b21-19-. The highest BCUT2D eigenvalue weighted by Gasteiger charge is 2.47. The SMILES string of the molecule is COc1ccc(/C(O)=C2/C(=O)C(=O)N(c3ccc(OC(F)(F)F)cc3)C2c2ccccn2)cc1Cl. The molecule has 1 aliphatic heterocycles. The van der Waals surface area contributed by atoms with Crippen LogP contribution in [0.2, 0.25) is 5.02 Å². The molecule has 7 nitrogen and oxygen atoms in total. The molecule has 180 valence electrons. The van der Waals surface area contributed by atoms with Gasteiger partial charge < -0.3 is 14.6 Å². The van der Waals surface area contributed by atoms with E-state index in [0.29, 0.717) is 5.75 Å². The Labute approximate surface area is 202 Å². The Morgan fingerprint density at radius 2 is 1.80 bits per heavy atom. The average Bonchev–Trinajstić information content (AvgIpc) is 3.09. The Balaban J connectivity index is 1.84. The zero-order chi connectivity index (χ0) is 25.3. The van der Waals surface area contributed by atoms with E-state index in [1.807, 2.05) is 0 Å². The van der Waals surface area contributed by atoms with E-state index in [2.05, 4.69) is 9.72 Å². The Hall–Kier alpha value is -4.05. The van der Waals surface area contributed by atoms with Crippen molar-refractivity contribution < 1.29 is 37.3 Å². The van der Waals surface area contributed by atoms with Gasteiger partial charge in [0.1, 0.15) is 23.3 Å². The largest absolute Gasteiger partial charge is 0.573 e. The normalized spacial score (nSPS) is 17.5. The lowest BCUT2D eigenvalue weighted by Gasteiger charge is -2.24. The van der Waals surface area contributed by atoms with Crippen molar-refractivity contribution in [3.8, 4) is 11.5 Å². The molecule has 1 atom stereocenters. The molecule has 3 aromatic rings. The number of hydrogen-bond acceptors (Lipinski definition) is 6. The molecule has 11 heteroatoms. The molecule has 0 spiro atoms. The maximum atomic E-state index is 13.1. The Morgan fingerprint density at radius 1 is 1.09 bits per heavy atom. The van der Waals surface area contributed by atoms with Gasteiger partial charge in [-0.1, -0.05) is 17.7 Å². The summed E-state index contributed by atoms with van der Waals surface area (Å²) in [6.07, 6.45) is -3.45. The van der Waals surface area contributed by atoms with Gasteiger partial charge in [0.15, 0.2) is 0 Å².